The first kappa shape index (κ1) is 13.0. The second kappa shape index (κ2) is 5.48. The van der Waals surface area contributed by atoms with E-state index < -0.39 is 10.8 Å². The van der Waals surface area contributed by atoms with Crippen molar-refractivity contribution in [3.63, 3.8) is 0 Å². The number of hydrogen-bond donors (Lipinski definition) is 1. The fraction of sp³-hybridized carbons (Fsp3) is 0.500. The Hall–Kier alpha value is -1.43. The van der Waals surface area contributed by atoms with Crippen molar-refractivity contribution in [3.8, 4) is 0 Å². The van der Waals surface area contributed by atoms with Crippen molar-refractivity contribution >= 4 is 22.2 Å². The molecule has 0 aliphatic carbocycles. The molecule has 0 unspecified atom stereocenters. The third-order valence-electron chi connectivity index (χ3n) is 3.10. The molecule has 5 nitrogen and oxygen atoms in total. The van der Waals surface area contributed by atoms with Crippen LogP contribution in [0.4, 0.5) is 11.4 Å². The van der Waals surface area contributed by atoms with Gasteiger partial charge in [-0.15, -0.1) is 0 Å². The number of nitrogens with one attached hydrogen (secondary N) is 1. The van der Waals surface area contributed by atoms with Gasteiger partial charge in [-0.1, -0.05) is 6.07 Å². The van der Waals surface area contributed by atoms with Gasteiger partial charge in [0.05, 0.1) is 4.92 Å². The molecule has 6 heteroatoms. The highest BCUT2D eigenvalue weighted by Gasteiger charge is 2.21. The molecular weight excluding hydrogens is 252 g/mol. The normalized spacial score (nSPS) is 23.6. The fourth-order valence-electron chi connectivity index (χ4n) is 2.08. The van der Waals surface area contributed by atoms with Gasteiger partial charge in [-0.25, -0.2) is 0 Å². The van der Waals surface area contributed by atoms with Crippen molar-refractivity contribution in [1.82, 2.24) is 0 Å². The first-order chi connectivity index (χ1) is 8.56. The van der Waals surface area contributed by atoms with E-state index >= 15 is 0 Å². The molecule has 1 aromatic carbocycles. The Kier molecular flexibility index (Phi) is 3.96. The van der Waals surface area contributed by atoms with Gasteiger partial charge >= 0.3 is 0 Å². The van der Waals surface area contributed by atoms with E-state index in [0.29, 0.717) is 17.2 Å². The number of nitro benzene ring substituents is 1. The minimum Gasteiger partial charge on any atom is -0.377 e. The summed E-state index contributed by atoms with van der Waals surface area (Å²) >= 11 is 0. The van der Waals surface area contributed by atoms with Gasteiger partial charge in [-0.3, -0.25) is 14.3 Å². The maximum absolute atomic E-state index is 11.3. The average molecular weight is 268 g/mol. The van der Waals surface area contributed by atoms with Crippen LogP contribution < -0.4 is 5.32 Å². The lowest BCUT2D eigenvalue weighted by molar-refractivity contribution is -0.384. The van der Waals surface area contributed by atoms with E-state index in [-0.39, 0.29) is 16.7 Å². The van der Waals surface area contributed by atoms with Crippen molar-refractivity contribution in [2.45, 2.75) is 25.8 Å². The van der Waals surface area contributed by atoms with Crippen molar-refractivity contribution in [3.05, 3.63) is 33.9 Å². The van der Waals surface area contributed by atoms with Gasteiger partial charge in [0, 0.05) is 34.4 Å². The molecule has 2 rings (SSSR count). The van der Waals surface area contributed by atoms with Crippen LogP contribution in [0.3, 0.4) is 0 Å². The van der Waals surface area contributed by atoms with Gasteiger partial charge in [0.15, 0.2) is 0 Å². The molecule has 0 amide bonds. The third-order valence-corrected chi connectivity index (χ3v) is 4.48. The van der Waals surface area contributed by atoms with Crippen LogP contribution in [0, 0.1) is 17.0 Å². The summed E-state index contributed by atoms with van der Waals surface area (Å²) in [7, 11) is -0.711. The lowest BCUT2D eigenvalue weighted by atomic mass is 10.1. The summed E-state index contributed by atoms with van der Waals surface area (Å²) in [4.78, 5) is 10.6. The Balaban J connectivity index is 2.15. The molecule has 0 saturated carbocycles. The predicted molar refractivity (Wildman–Crippen MR) is 72.4 cm³/mol. The van der Waals surface area contributed by atoms with Gasteiger partial charge in [-0.2, -0.15) is 0 Å². The highest BCUT2D eigenvalue weighted by Crippen LogP contribution is 2.27. The van der Waals surface area contributed by atoms with Gasteiger partial charge in [-0.05, 0) is 31.4 Å². The lowest BCUT2D eigenvalue weighted by Crippen LogP contribution is -2.29. The molecule has 18 heavy (non-hydrogen) atoms. The Morgan fingerprint density at radius 3 is 2.67 bits per heavy atom. The smallest absolute Gasteiger partial charge is 0.292 e. The summed E-state index contributed by atoms with van der Waals surface area (Å²) in [6, 6.07) is 5.24. The number of anilines is 1. The van der Waals surface area contributed by atoms with E-state index in [4.69, 9.17) is 0 Å². The van der Waals surface area contributed by atoms with Crippen molar-refractivity contribution in [1.29, 1.82) is 0 Å². The molecule has 0 atom stereocenters. The van der Waals surface area contributed by atoms with E-state index in [0.717, 1.165) is 18.4 Å². The molecule has 1 heterocycles. The zero-order chi connectivity index (χ0) is 13.1. The number of nitrogens with zero attached hydrogens (tertiary/aromatic N) is 1. The minimum absolute atomic E-state index is 0.104. The van der Waals surface area contributed by atoms with Crippen LogP contribution in [-0.2, 0) is 10.8 Å². The highest BCUT2D eigenvalue weighted by atomic mass is 32.2. The monoisotopic (exact) mass is 268 g/mol. The molecule has 1 aliphatic rings. The Morgan fingerprint density at radius 1 is 1.39 bits per heavy atom. The summed E-state index contributed by atoms with van der Waals surface area (Å²) in [5.74, 6) is 1.36. The zero-order valence-electron chi connectivity index (χ0n) is 10.2. The maximum Gasteiger partial charge on any atom is 0.292 e. The summed E-state index contributed by atoms with van der Waals surface area (Å²) in [5.41, 5.74) is 1.66. The number of nitro groups is 1. The van der Waals surface area contributed by atoms with Crippen molar-refractivity contribution in [2.24, 2.45) is 0 Å². The molecule has 98 valence electrons. The van der Waals surface area contributed by atoms with Crippen LogP contribution in [-0.4, -0.2) is 26.7 Å². The number of hydrogen-bond acceptors (Lipinski definition) is 4. The number of rotatable bonds is 3. The summed E-state index contributed by atoms with van der Waals surface area (Å²) in [6.07, 6.45) is 1.61. The fourth-order valence-corrected chi connectivity index (χ4v) is 3.38. The second-order valence-electron chi connectivity index (χ2n) is 4.54. The molecule has 1 N–H and O–H groups in total. The van der Waals surface area contributed by atoms with Crippen LogP contribution in [0.2, 0.25) is 0 Å². The van der Waals surface area contributed by atoms with Gasteiger partial charge < -0.3 is 5.32 Å². The van der Waals surface area contributed by atoms with Gasteiger partial charge in [0.25, 0.3) is 5.69 Å². The first-order valence-electron chi connectivity index (χ1n) is 5.93. The van der Waals surface area contributed by atoms with Crippen molar-refractivity contribution in [2.75, 3.05) is 16.8 Å². The quantitative estimate of drug-likeness (QED) is 0.674. The van der Waals surface area contributed by atoms with E-state index in [1.54, 1.807) is 12.1 Å². The molecule has 1 saturated heterocycles. The van der Waals surface area contributed by atoms with Gasteiger partial charge in [0.2, 0.25) is 0 Å². The van der Waals surface area contributed by atoms with E-state index in [1.165, 1.54) is 6.07 Å². The third kappa shape index (κ3) is 3.07. The first-order valence-corrected chi connectivity index (χ1v) is 7.41. The molecule has 1 aliphatic heterocycles. The molecule has 1 fully saturated rings. The summed E-state index contributed by atoms with van der Waals surface area (Å²) in [5, 5.41) is 14.2. The second-order valence-corrected chi connectivity index (χ2v) is 6.24. The van der Waals surface area contributed by atoms with Gasteiger partial charge in [0.1, 0.15) is 5.69 Å². The average Bonchev–Trinajstić information content (AvgIpc) is 2.32. The molecule has 0 spiro atoms. The lowest BCUT2D eigenvalue weighted by Gasteiger charge is -2.23. The molecule has 0 radical (unpaired) electrons. The maximum atomic E-state index is 11.3. The van der Waals surface area contributed by atoms with E-state index in [2.05, 4.69) is 5.32 Å². The van der Waals surface area contributed by atoms with Crippen LogP contribution in [0.15, 0.2) is 18.2 Å². The number of aryl methyl sites for hydroxylation is 1. The van der Waals surface area contributed by atoms with E-state index in [9.17, 15) is 14.3 Å². The molecular formula is C12H16N2O3S. The topological polar surface area (TPSA) is 72.2 Å². The molecule has 0 aromatic heterocycles. The standard InChI is InChI=1S/C12H16N2O3S/c1-9-2-3-12(14(15)16)11(8-9)13-10-4-6-18(17)7-5-10/h2-3,8,10,13H,4-7H2,1H3. The Morgan fingerprint density at radius 2 is 2.06 bits per heavy atom. The molecule has 0 bridgehead atoms. The predicted octanol–water partition coefficient (Wildman–Crippen LogP) is 2.23. The van der Waals surface area contributed by atoms with E-state index in [1.807, 2.05) is 6.92 Å². The summed E-state index contributed by atoms with van der Waals surface area (Å²) in [6.45, 7) is 1.91. The van der Waals surface area contributed by atoms with Crippen LogP contribution >= 0.6 is 0 Å². The van der Waals surface area contributed by atoms with Crippen LogP contribution in [0.1, 0.15) is 18.4 Å². The van der Waals surface area contributed by atoms with Crippen molar-refractivity contribution < 1.29 is 9.13 Å². The van der Waals surface area contributed by atoms with Crippen LogP contribution in [0.25, 0.3) is 0 Å². The Labute approximate surface area is 108 Å². The molecule has 1 aromatic rings. The minimum atomic E-state index is -0.711. The zero-order valence-corrected chi connectivity index (χ0v) is 11.0. The summed E-state index contributed by atoms with van der Waals surface area (Å²) < 4.78 is 11.3. The highest BCUT2D eigenvalue weighted by molar-refractivity contribution is 7.85. The largest absolute Gasteiger partial charge is 0.377 e. The SMILES string of the molecule is Cc1ccc([N+](=O)[O-])c(NC2CCS(=O)CC2)c1. The Bertz CT molecular complexity index is 480. The number of benzene rings is 1. The van der Waals surface area contributed by atoms with Crippen LogP contribution in [0.5, 0.6) is 0 Å².